The number of rotatable bonds is 8. The van der Waals surface area contributed by atoms with Gasteiger partial charge in [-0.25, -0.2) is 8.42 Å². The molecule has 0 radical (unpaired) electrons. The van der Waals surface area contributed by atoms with E-state index >= 15 is 0 Å². The summed E-state index contributed by atoms with van der Waals surface area (Å²) in [5.74, 6) is -1.42. The summed E-state index contributed by atoms with van der Waals surface area (Å²) in [4.78, 5) is 23.3. The van der Waals surface area contributed by atoms with E-state index in [0.29, 0.717) is 6.54 Å². The molecule has 2 aromatic rings. The van der Waals surface area contributed by atoms with E-state index in [-0.39, 0.29) is 10.5 Å². The Labute approximate surface area is 163 Å². The lowest BCUT2D eigenvalue weighted by Gasteiger charge is -2.10. The number of aryl methyl sites for hydroxylation is 1. The molecule has 0 bridgehead atoms. The lowest BCUT2D eigenvalue weighted by atomic mass is 10.1. The number of amides is 1. The predicted molar refractivity (Wildman–Crippen MR) is 100 cm³/mol. The van der Waals surface area contributed by atoms with E-state index in [4.69, 9.17) is 10.00 Å². The zero-order chi connectivity index (χ0) is 20.6. The van der Waals surface area contributed by atoms with Crippen molar-refractivity contribution in [1.29, 1.82) is 5.26 Å². The summed E-state index contributed by atoms with van der Waals surface area (Å²) in [5, 5.41) is 11.6. The second-order valence-corrected chi connectivity index (χ2v) is 7.53. The van der Waals surface area contributed by atoms with Crippen LogP contribution >= 0.6 is 0 Å². The molecule has 0 aliphatic heterocycles. The monoisotopic (exact) mass is 401 g/mol. The normalized spacial score (nSPS) is 10.7. The van der Waals surface area contributed by atoms with Crippen LogP contribution in [-0.4, -0.2) is 33.4 Å². The number of nitriles is 1. The van der Waals surface area contributed by atoms with Crippen molar-refractivity contribution in [3.05, 3.63) is 65.2 Å². The van der Waals surface area contributed by atoms with Crippen molar-refractivity contribution in [3.63, 3.8) is 0 Å². The van der Waals surface area contributed by atoms with Crippen molar-refractivity contribution in [2.24, 2.45) is 0 Å². The highest BCUT2D eigenvalue weighted by molar-refractivity contribution is 7.89. The first kappa shape index (κ1) is 21.1. The van der Waals surface area contributed by atoms with Crippen molar-refractivity contribution in [3.8, 4) is 6.07 Å². The van der Waals surface area contributed by atoms with Gasteiger partial charge in [-0.05, 0) is 30.2 Å². The molecule has 0 spiro atoms. The fourth-order valence-electron chi connectivity index (χ4n) is 2.28. The Bertz CT molecular complexity index is 1010. The number of hydrogen-bond acceptors (Lipinski definition) is 6. The van der Waals surface area contributed by atoms with Crippen molar-refractivity contribution < 1.29 is 22.7 Å². The highest BCUT2D eigenvalue weighted by atomic mass is 32.2. The molecule has 0 aliphatic carbocycles. The van der Waals surface area contributed by atoms with Crippen LogP contribution in [0.4, 0.5) is 0 Å². The maximum atomic E-state index is 12.2. The van der Waals surface area contributed by atoms with Crippen molar-refractivity contribution >= 4 is 21.9 Å². The summed E-state index contributed by atoms with van der Waals surface area (Å²) in [6.07, 6.45) is 0. The van der Waals surface area contributed by atoms with Gasteiger partial charge in [0.05, 0.1) is 10.5 Å². The minimum Gasteiger partial charge on any atom is -0.455 e. The maximum absolute atomic E-state index is 12.2. The standard InChI is InChI=1S/C19H19N3O5S/c1-14-6-2-3-8-16(14)11-21-18(23)13-27-19(24)12-22-28(25,26)17-9-5-4-7-15(17)10-20/h2-9,22H,11-13H2,1H3,(H,21,23). The van der Waals surface area contributed by atoms with Gasteiger partial charge in [-0.15, -0.1) is 0 Å². The van der Waals surface area contributed by atoms with Gasteiger partial charge in [0.1, 0.15) is 12.6 Å². The van der Waals surface area contributed by atoms with Gasteiger partial charge in [-0.1, -0.05) is 36.4 Å². The number of sulfonamides is 1. The molecule has 0 heterocycles. The van der Waals surface area contributed by atoms with Gasteiger partial charge >= 0.3 is 5.97 Å². The Morgan fingerprint density at radius 3 is 2.50 bits per heavy atom. The molecule has 2 rings (SSSR count). The van der Waals surface area contributed by atoms with Crippen LogP contribution in [0.5, 0.6) is 0 Å². The van der Waals surface area contributed by atoms with Crippen LogP contribution in [0.25, 0.3) is 0 Å². The lowest BCUT2D eigenvalue weighted by molar-refractivity contribution is -0.147. The zero-order valence-electron chi connectivity index (χ0n) is 15.1. The van der Waals surface area contributed by atoms with E-state index in [1.807, 2.05) is 31.2 Å². The SMILES string of the molecule is Cc1ccccc1CNC(=O)COC(=O)CNS(=O)(=O)c1ccccc1C#N. The summed E-state index contributed by atoms with van der Waals surface area (Å²) >= 11 is 0. The molecule has 0 fully saturated rings. The minimum atomic E-state index is -4.06. The third kappa shape index (κ3) is 5.90. The summed E-state index contributed by atoms with van der Waals surface area (Å²) in [5.41, 5.74) is 1.91. The van der Waals surface area contributed by atoms with Crippen molar-refractivity contribution in [2.75, 3.05) is 13.2 Å². The van der Waals surface area contributed by atoms with Crippen LogP contribution in [-0.2, 0) is 30.9 Å². The number of nitrogens with zero attached hydrogens (tertiary/aromatic N) is 1. The Hall–Kier alpha value is -3.22. The molecule has 0 unspecified atom stereocenters. The number of esters is 1. The predicted octanol–water partition coefficient (Wildman–Crippen LogP) is 1.00. The van der Waals surface area contributed by atoms with E-state index in [2.05, 4.69) is 10.0 Å². The zero-order valence-corrected chi connectivity index (χ0v) is 16.0. The lowest BCUT2D eigenvalue weighted by Crippen LogP contribution is -2.34. The molecule has 1 amide bonds. The maximum Gasteiger partial charge on any atom is 0.321 e. The van der Waals surface area contributed by atoms with E-state index in [1.54, 1.807) is 6.07 Å². The van der Waals surface area contributed by atoms with Crippen LogP contribution in [0.1, 0.15) is 16.7 Å². The second kappa shape index (κ2) is 9.64. The number of carbonyl (C=O) groups excluding carboxylic acids is 2. The molecule has 0 saturated heterocycles. The Morgan fingerprint density at radius 2 is 1.79 bits per heavy atom. The summed E-state index contributed by atoms with van der Waals surface area (Å²) in [6, 6.07) is 14.9. The molecule has 0 aromatic heterocycles. The van der Waals surface area contributed by atoms with Gasteiger partial charge < -0.3 is 10.1 Å². The fraction of sp³-hybridized carbons (Fsp3) is 0.211. The van der Waals surface area contributed by atoms with Crippen LogP contribution in [0, 0.1) is 18.3 Å². The largest absolute Gasteiger partial charge is 0.455 e. The van der Waals surface area contributed by atoms with Crippen LogP contribution in [0.3, 0.4) is 0 Å². The first-order valence-electron chi connectivity index (χ1n) is 8.29. The average Bonchev–Trinajstić information content (AvgIpc) is 2.70. The molecular formula is C19H19N3O5S. The van der Waals surface area contributed by atoms with E-state index in [0.717, 1.165) is 11.1 Å². The topological polar surface area (TPSA) is 125 Å². The number of nitrogens with one attached hydrogen (secondary N) is 2. The highest BCUT2D eigenvalue weighted by Gasteiger charge is 2.19. The van der Waals surface area contributed by atoms with E-state index in [1.165, 1.54) is 24.3 Å². The van der Waals surface area contributed by atoms with Gasteiger partial charge in [0, 0.05) is 6.54 Å². The Morgan fingerprint density at radius 1 is 1.11 bits per heavy atom. The molecule has 0 atom stereocenters. The molecule has 2 N–H and O–H groups in total. The number of benzene rings is 2. The minimum absolute atomic E-state index is 0.0426. The third-order valence-corrected chi connectivity index (χ3v) is 5.26. The molecule has 8 nitrogen and oxygen atoms in total. The van der Waals surface area contributed by atoms with E-state index in [9.17, 15) is 18.0 Å². The Balaban J connectivity index is 1.80. The second-order valence-electron chi connectivity index (χ2n) is 5.80. The smallest absolute Gasteiger partial charge is 0.321 e. The van der Waals surface area contributed by atoms with Gasteiger partial charge in [-0.2, -0.15) is 9.98 Å². The molecule has 0 aliphatic rings. The Kier molecular flexibility index (Phi) is 7.26. The molecule has 0 saturated carbocycles. The van der Waals surface area contributed by atoms with Crippen LogP contribution < -0.4 is 10.0 Å². The summed E-state index contributed by atoms with van der Waals surface area (Å²) < 4.78 is 31.2. The molecule has 9 heteroatoms. The van der Waals surface area contributed by atoms with Crippen LogP contribution in [0.2, 0.25) is 0 Å². The third-order valence-electron chi connectivity index (χ3n) is 3.81. The van der Waals surface area contributed by atoms with E-state index < -0.39 is 35.1 Å². The van der Waals surface area contributed by atoms with Crippen molar-refractivity contribution in [2.45, 2.75) is 18.4 Å². The van der Waals surface area contributed by atoms with Gasteiger partial charge in [0.25, 0.3) is 5.91 Å². The summed E-state index contributed by atoms with van der Waals surface area (Å²) in [6.45, 7) is 1.02. The molecular weight excluding hydrogens is 382 g/mol. The van der Waals surface area contributed by atoms with Gasteiger partial charge in [0.15, 0.2) is 6.61 Å². The molecule has 28 heavy (non-hydrogen) atoms. The molecule has 2 aromatic carbocycles. The van der Waals surface area contributed by atoms with Crippen LogP contribution in [0.15, 0.2) is 53.4 Å². The average molecular weight is 401 g/mol. The summed E-state index contributed by atoms with van der Waals surface area (Å²) in [7, 11) is -4.06. The first-order chi connectivity index (χ1) is 13.3. The first-order valence-corrected chi connectivity index (χ1v) is 9.77. The van der Waals surface area contributed by atoms with Crippen molar-refractivity contribution in [1.82, 2.24) is 10.0 Å². The quantitative estimate of drug-likeness (QED) is 0.636. The highest BCUT2D eigenvalue weighted by Crippen LogP contribution is 2.13. The van der Waals surface area contributed by atoms with Gasteiger partial charge in [0.2, 0.25) is 10.0 Å². The molecule has 146 valence electrons. The number of ether oxygens (including phenoxy) is 1. The fourth-order valence-corrected chi connectivity index (χ4v) is 3.40. The van der Waals surface area contributed by atoms with Gasteiger partial charge in [-0.3, -0.25) is 9.59 Å². The number of carbonyl (C=O) groups is 2. The number of hydrogen-bond donors (Lipinski definition) is 2.